The summed E-state index contributed by atoms with van der Waals surface area (Å²) in [6.07, 6.45) is 4.75. The lowest BCUT2D eigenvalue weighted by Gasteiger charge is -2.30. The SMILES string of the molecule is CNC(CC(C)C(C)(C)C)c1cncc(OC)c1. The van der Waals surface area contributed by atoms with Gasteiger partial charge in [-0.25, -0.2) is 0 Å². The summed E-state index contributed by atoms with van der Waals surface area (Å²) in [5, 5.41) is 3.38. The smallest absolute Gasteiger partial charge is 0.137 e. The Morgan fingerprint density at radius 2 is 2.00 bits per heavy atom. The molecule has 0 fully saturated rings. The summed E-state index contributed by atoms with van der Waals surface area (Å²) in [6.45, 7) is 9.16. The van der Waals surface area contributed by atoms with Gasteiger partial charge in [-0.05, 0) is 36.4 Å². The molecule has 0 radical (unpaired) electrons. The molecule has 3 nitrogen and oxygen atoms in total. The average Bonchev–Trinajstić information content (AvgIpc) is 2.34. The van der Waals surface area contributed by atoms with Gasteiger partial charge in [-0.15, -0.1) is 0 Å². The standard InChI is InChI=1S/C15H26N2O/c1-11(15(2,3)4)7-14(16-5)12-8-13(18-6)10-17-9-12/h8-11,14,16H,7H2,1-6H3. The Balaban J connectivity index is 2.82. The van der Waals surface area contributed by atoms with Crippen molar-refractivity contribution in [2.75, 3.05) is 14.2 Å². The molecule has 0 amide bonds. The van der Waals surface area contributed by atoms with Crippen LogP contribution < -0.4 is 10.1 Å². The molecule has 1 N–H and O–H groups in total. The number of rotatable bonds is 5. The van der Waals surface area contributed by atoms with Crippen LogP contribution in [-0.2, 0) is 0 Å². The summed E-state index contributed by atoms with van der Waals surface area (Å²) < 4.78 is 5.23. The highest BCUT2D eigenvalue weighted by molar-refractivity contribution is 5.26. The predicted octanol–water partition coefficient (Wildman–Crippen LogP) is 3.42. The summed E-state index contributed by atoms with van der Waals surface area (Å²) in [5.41, 5.74) is 1.51. The molecular weight excluding hydrogens is 224 g/mol. The van der Waals surface area contributed by atoms with Crippen LogP contribution in [0.3, 0.4) is 0 Å². The molecule has 0 spiro atoms. The predicted molar refractivity (Wildman–Crippen MR) is 75.8 cm³/mol. The van der Waals surface area contributed by atoms with Crippen molar-refractivity contribution >= 4 is 0 Å². The Morgan fingerprint density at radius 3 is 2.50 bits per heavy atom. The van der Waals surface area contributed by atoms with Gasteiger partial charge in [0.15, 0.2) is 0 Å². The Bertz CT molecular complexity index is 371. The first kappa shape index (κ1) is 15.0. The van der Waals surface area contributed by atoms with Crippen molar-refractivity contribution in [3.63, 3.8) is 0 Å². The van der Waals surface area contributed by atoms with E-state index in [1.165, 1.54) is 5.56 Å². The highest BCUT2D eigenvalue weighted by Gasteiger charge is 2.24. The second-order valence-electron chi connectivity index (χ2n) is 6.00. The molecule has 0 bridgehead atoms. The minimum Gasteiger partial charge on any atom is -0.495 e. The zero-order chi connectivity index (χ0) is 13.8. The highest BCUT2D eigenvalue weighted by Crippen LogP contribution is 2.33. The lowest BCUT2D eigenvalue weighted by Crippen LogP contribution is -2.25. The fourth-order valence-corrected chi connectivity index (χ4v) is 1.87. The molecule has 3 heteroatoms. The van der Waals surface area contributed by atoms with Gasteiger partial charge in [-0.3, -0.25) is 4.98 Å². The monoisotopic (exact) mass is 250 g/mol. The van der Waals surface area contributed by atoms with Crippen molar-refractivity contribution in [2.45, 2.75) is 40.2 Å². The van der Waals surface area contributed by atoms with Gasteiger partial charge in [0.1, 0.15) is 5.75 Å². The van der Waals surface area contributed by atoms with Crippen molar-refractivity contribution in [3.05, 3.63) is 24.0 Å². The fourth-order valence-electron chi connectivity index (χ4n) is 1.87. The minimum absolute atomic E-state index is 0.321. The van der Waals surface area contributed by atoms with Crippen LogP contribution in [0.1, 0.15) is 45.7 Å². The molecule has 102 valence electrons. The number of hydrogen-bond acceptors (Lipinski definition) is 3. The van der Waals surface area contributed by atoms with Gasteiger partial charge in [0, 0.05) is 12.2 Å². The van der Waals surface area contributed by atoms with Gasteiger partial charge >= 0.3 is 0 Å². The van der Waals surface area contributed by atoms with Crippen LogP contribution in [0.5, 0.6) is 5.75 Å². The van der Waals surface area contributed by atoms with E-state index in [0.29, 0.717) is 17.4 Å². The van der Waals surface area contributed by atoms with Crippen molar-refractivity contribution < 1.29 is 4.74 Å². The van der Waals surface area contributed by atoms with Crippen LogP contribution in [0.25, 0.3) is 0 Å². The van der Waals surface area contributed by atoms with E-state index in [1.54, 1.807) is 13.3 Å². The molecule has 1 aromatic heterocycles. The number of aromatic nitrogens is 1. The number of nitrogens with zero attached hydrogens (tertiary/aromatic N) is 1. The second-order valence-corrected chi connectivity index (χ2v) is 6.00. The maximum Gasteiger partial charge on any atom is 0.137 e. The Kier molecular flexibility index (Phi) is 5.15. The molecule has 1 heterocycles. The van der Waals surface area contributed by atoms with E-state index in [-0.39, 0.29) is 0 Å². The van der Waals surface area contributed by atoms with Gasteiger partial charge in [-0.1, -0.05) is 27.7 Å². The van der Waals surface area contributed by atoms with Crippen LogP contribution in [0.4, 0.5) is 0 Å². The average molecular weight is 250 g/mol. The van der Waals surface area contributed by atoms with E-state index in [2.05, 4.69) is 44.1 Å². The van der Waals surface area contributed by atoms with E-state index < -0.39 is 0 Å². The molecule has 1 aromatic rings. The first-order valence-corrected chi connectivity index (χ1v) is 6.54. The summed E-state index contributed by atoms with van der Waals surface area (Å²) in [4.78, 5) is 4.23. The van der Waals surface area contributed by atoms with E-state index in [9.17, 15) is 0 Å². The molecule has 2 unspecified atom stereocenters. The van der Waals surface area contributed by atoms with E-state index in [0.717, 1.165) is 12.2 Å². The molecule has 0 saturated heterocycles. The third-order valence-corrected chi connectivity index (χ3v) is 3.79. The molecule has 0 aliphatic carbocycles. The van der Waals surface area contributed by atoms with Gasteiger partial charge in [-0.2, -0.15) is 0 Å². The minimum atomic E-state index is 0.321. The Labute approximate surface area is 111 Å². The maximum absolute atomic E-state index is 5.23. The lowest BCUT2D eigenvalue weighted by molar-refractivity contribution is 0.226. The number of methoxy groups -OCH3 is 1. The van der Waals surface area contributed by atoms with Crippen LogP contribution in [0, 0.1) is 11.3 Å². The molecule has 1 rings (SSSR count). The Hall–Kier alpha value is -1.09. The largest absolute Gasteiger partial charge is 0.495 e. The molecule has 0 aliphatic rings. The highest BCUT2D eigenvalue weighted by atomic mass is 16.5. The summed E-state index contributed by atoms with van der Waals surface area (Å²) >= 11 is 0. The van der Waals surface area contributed by atoms with Crippen LogP contribution in [0.2, 0.25) is 0 Å². The Morgan fingerprint density at radius 1 is 1.33 bits per heavy atom. The van der Waals surface area contributed by atoms with E-state index in [4.69, 9.17) is 4.74 Å². The first-order chi connectivity index (χ1) is 8.38. The first-order valence-electron chi connectivity index (χ1n) is 6.54. The summed E-state index contributed by atoms with van der Waals surface area (Å²) in [5.74, 6) is 1.44. The second kappa shape index (κ2) is 6.19. The van der Waals surface area contributed by atoms with Gasteiger partial charge < -0.3 is 10.1 Å². The van der Waals surface area contributed by atoms with Crippen molar-refractivity contribution in [3.8, 4) is 5.75 Å². The van der Waals surface area contributed by atoms with Crippen LogP contribution >= 0.6 is 0 Å². The number of nitrogens with one attached hydrogen (secondary N) is 1. The maximum atomic E-state index is 5.23. The molecule has 18 heavy (non-hydrogen) atoms. The zero-order valence-electron chi connectivity index (χ0n) is 12.4. The summed E-state index contributed by atoms with van der Waals surface area (Å²) in [6, 6.07) is 2.38. The number of hydrogen-bond donors (Lipinski definition) is 1. The topological polar surface area (TPSA) is 34.2 Å². The third-order valence-electron chi connectivity index (χ3n) is 3.79. The quantitative estimate of drug-likeness (QED) is 0.869. The van der Waals surface area contributed by atoms with E-state index in [1.807, 2.05) is 13.2 Å². The fraction of sp³-hybridized carbons (Fsp3) is 0.667. The van der Waals surface area contributed by atoms with Crippen molar-refractivity contribution in [1.82, 2.24) is 10.3 Å². The molecular formula is C15H26N2O. The third kappa shape index (κ3) is 3.98. The van der Waals surface area contributed by atoms with E-state index >= 15 is 0 Å². The number of pyridine rings is 1. The van der Waals surface area contributed by atoms with Gasteiger partial charge in [0.2, 0.25) is 0 Å². The molecule has 0 saturated carbocycles. The van der Waals surface area contributed by atoms with Gasteiger partial charge in [0.25, 0.3) is 0 Å². The molecule has 0 aromatic carbocycles. The lowest BCUT2D eigenvalue weighted by atomic mass is 9.78. The van der Waals surface area contributed by atoms with Crippen LogP contribution in [-0.4, -0.2) is 19.1 Å². The zero-order valence-corrected chi connectivity index (χ0v) is 12.4. The van der Waals surface area contributed by atoms with Gasteiger partial charge in [0.05, 0.1) is 13.3 Å². The van der Waals surface area contributed by atoms with Crippen molar-refractivity contribution in [1.29, 1.82) is 0 Å². The number of ether oxygens (including phenoxy) is 1. The normalized spacial score (nSPS) is 15.2. The van der Waals surface area contributed by atoms with Crippen molar-refractivity contribution in [2.24, 2.45) is 11.3 Å². The summed E-state index contributed by atoms with van der Waals surface area (Å²) in [7, 11) is 3.67. The molecule has 2 atom stereocenters. The molecule has 0 aliphatic heterocycles. The van der Waals surface area contributed by atoms with Crippen LogP contribution in [0.15, 0.2) is 18.5 Å².